The highest BCUT2D eigenvalue weighted by Crippen LogP contribution is 2.29. The number of aromatic nitrogens is 1. The topological polar surface area (TPSA) is 70.6 Å². The Labute approximate surface area is 181 Å². The normalized spacial score (nSPS) is 11.4. The van der Waals surface area contributed by atoms with Crippen LogP contribution in [0, 0.1) is 0 Å². The molecule has 0 aliphatic rings. The molecular formula is C20H24ClN3O3S2. The molecule has 0 saturated carbocycles. The smallest absolute Gasteiger partial charge is 0.229 e. The third-order valence-corrected chi connectivity index (χ3v) is 7.06. The maximum Gasteiger partial charge on any atom is 0.229 e. The van der Waals surface area contributed by atoms with Gasteiger partial charge in [0.05, 0.1) is 20.9 Å². The number of thiazole rings is 1. The molecule has 1 amide bonds. The first-order chi connectivity index (χ1) is 13.4. The molecule has 0 saturated heterocycles. The van der Waals surface area contributed by atoms with Crippen molar-refractivity contribution in [2.24, 2.45) is 0 Å². The third kappa shape index (κ3) is 5.99. The van der Waals surface area contributed by atoms with Crippen LogP contribution in [0.3, 0.4) is 0 Å². The van der Waals surface area contributed by atoms with Crippen LogP contribution in [0.5, 0.6) is 0 Å². The second kappa shape index (κ2) is 10.2. The average Bonchev–Trinajstić information content (AvgIpc) is 3.11. The number of benzene rings is 2. The number of rotatable bonds is 8. The van der Waals surface area contributed by atoms with Gasteiger partial charge in [-0.3, -0.25) is 9.69 Å². The Kier molecular flexibility index (Phi) is 8.15. The van der Waals surface area contributed by atoms with E-state index in [9.17, 15) is 13.2 Å². The fourth-order valence-corrected chi connectivity index (χ4v) is 4.96. The third-order valence-electron chi connectivity index (χ3n) is 4.27. The number of carbonyl (C=O) groups excluding carboxylic acids is 1. The van der Waals surface area contributed by atoms with Crippen LogP contribution < -0.4 is 4.90 Å². The maximum atomic E-state index is 12.9. The predicted octanol–water partition coefficient (Wildman–Crippen LogP) is 3.48. The number of halogens is 1. The molecule has 1 aromatic heterocycles. The van der Waals surface area contributed by atoms with Crippen LogP contribution in [0.4, 0.5) is 5.13 Å². The molecule has 6 nitrogen and oxygen atoms in total. The number of anilines is 1. The zero-order valence-corrected chi connectivity index (χ0v) is 18.8. The average molecular weight is 454 g/mol. The van der Waals surface area contributed by atoms with Gasteiger partial charge in [-0.2, -0.15) is 0 Å². The molecule has 0 unspecified atom stereocenters. The van der Waals surface area contributed by atoms with E-state index in [2.05, 4.69) is 4.98 Å². The van der Waals surface area contributed by atoms with E-state index in [1.165, 1.54) is 11.3 Å². The van der Waals surface area contributed by atoms with E-state index in [4.69, 9.17) is 0 Å². The van der Waals surface area contributed by atoms with Crippen LogP contribution in [-0.2, 0) is 14.6 Å². The molecule has 0 aliphatic heterocycles. The molecule has 0 atom stereocenters. The molecular weight excluding hydrogens is 430 g/mol. The van der Waals surface area contributed by atoms with Gasteiger partial charge >= 0.3 is 0 Å². The van der Waals surface area contributed by atoms with Gasteiger partial charge in [-0.25, -0.2) is 13.4 Å². The summed E-state index contributed by atoms with van der Waals surface area (Å²) in [5.41, 5.74) is 0.835. The van der Waals surface area contributed by atoms with Gasteiger partial charge < -0.3 is 4.90 Å². The van der Waals surface area contributed by atoms with E-state index in [0.29, 0.717) is 18.2 Å². The van der Waals surface area contributed by atoms with E-state index in [1.54, 1.807) is 35.2 Å². The molecule has 2 aromatic carbocycles. The number of fused-ring (bicyclic) bond motifs is 1. The number of sulfone groups is 1. The number of hydrogen-bond donors (Lipinski definition) is 0. The van der Waals surface area contributed by atoms with Crippen LogP contribution in [0.15, 0.2) is 59.5 Å². The van der Waals surface area contributed by atoms with Gasteiger partial charge in [-0.15, -0.1) is 12.4 Å². The quantitative estimate of drug-likeness (QED) is 0.522. The molecule has 0 N–H and O–H groups in total. The minimum atomic E-state index is -3.50. The summed E-state index contributed by atoms with van der Waals surface area (Å²) in [6, 6.07) is 15.9. The van der Waals surface area contributed by atoms with Gasteiger partial charge in [0, 0.05) is 19.5 Å². The Morgan fingerprint density at radius 3 is 2.31 bits per heavy atom. The minimum Gasteiger partial charge on any atom is -0.308 e. The number of likely N-dealkylation sites (N-methyl/N-ethyl adjacent to an activating group) is 1. The Balaban J connectivity index is 0.00000300. The lowest BCUT2D eigenvalue weighted by molar-refractivity contribution is -0.118. The second-order valence-electron chi connectivity index (χ2n) is 6.69. The van der Waals surface area contributed by atoms with Crippen molar-refractivity contribution in [2.45, 2.75) is 11.3 Å². The SMILES string of the molecule is CN(C)CCN(C(=O)CCS(=O)(=O)c1ccccc1)c1nc2ccccc2s1.Cl. The molecule has 1 heterocycles. The van der Waals surface area contributed by atoms with Crippen molar-refractivity contribution in [1.82, 2.24) is 9.88 Å². The standard InChI is InChI=1S/C20H23N3O3S2.ClH/c1-22(2)13-14-23(20-21-17-10-6-7-11-18(17)27-20)19(24)12-15-28(25,26)16-8-4-3-5-9-16;/h3-11H,12-15H2,1-2H3;1H. The van der Waals surface area contributed by atoms with Gasteiger partial charge in [-0.1, -0.05) is 41.7 Å². The van der Waals surface area contributed by atoms with Crippen LogP contribution in [0.25, 0.3) is 10.2 Å². The molecule has 156 valence electrons. The Hall–Kier alpha value is -2.00. The summed E-state index contributed by atoms with van der Waals surface area (Å²) in [7, 11) is 0.361. The van der Waals surface area contributed by atoms with E-state index >= 15 is 0 Å². The molecule has 29 heavy (non-hydrogen) atoms. The summed E-state index contributed by atoms with van der Waals surface area (Å²) < 4.78 is 26.0. The van der Waals surface area contributed by atoms with Crippen LogP contribution in [0.2, 0.25) is 0 Å². The monoisotopic (exact) mass is 453 g/mol. The second-order valence-corrected chi connectivity index (χ2v) is 9.81. The van der Waals surface area contributed by atoms with Crippen molar-refractivity contribution in [2.75, 3.05) is 37.8 Å². The molecule has 0 bridgehead atoms. The number of hydrogen-bond acceptors (Lipinski definition) is 6. The first kappa shape index (κ1) is 23.3. The summed E-state index contributed by atoms with van der Waals surface area (Å²) in [4.78, 5) is 21.3. The molecule has 3 aromatic rings. The highest BCUT2D eigenvalue weighted by atomic mass is 35.5. The lowest BCUT2D eigenvalue weighted by Crippen LogP contribution is -2.37. The van der Waals surface area contributed by atoms with Crippen LogP contribution in [0.1, 0.15) is 6.42 Å². The summed E-state index contributed by atoms with van der Waals surface area (Å²) >= 11 is 1.44. The van der Waals surface area contributed by atoms with E-state index in [0.717, 1.165) is 10.2 Å². The van der Waals surface area contributed by atoms with Crippen LogP contribution in [-0.4, -0.2) is 57.1 Å². The first-order valence-electron chi connectivity index (χ1n) is 8.95. The number of carbonyl (C=O) groups is 1. The van der Waals surface area contributed by atoms with E-state index < -0.39 is 9.84 Å². The predicted molar refractivity (Wildman–Crippen MR) is 121 cm³/mol. The zero-order valence-electron chi connectivity index (χ0n) is 16.3. The van der Waals surface area contributed by atoms with Crippen molar-refractivity contribution in [3.63, 3.8) is 0 Å². The minimum absolute atomic E-state index is 0. The van der Waals surface area contributed by atoms with E-state index in [1.807, 2.05) is 43.3 Å². The lowest BCUT2D eigenvalue weighted by atomic mass is 10.3. The number of para-hydroxylation sites is 1. The summed E-state index contributed by atoms with van der Waals surface area (Å²) in [5, 5.41) is 0.602. The first-order valence-corrected chi connectivity index (χ1v) is 11.4. The zero-order chi connectivity index (χ0) is 20.1. The molecule has 0 aliphatic carbocycles. The Morgan fingerprint density at radius 2 is 1.66 bits per heavy atom. The highest BCUT2D eigenvalue weighted by Gasteiger charge is 2.23. The summed E-state index contributed by atoms with van der Waals surface area (Å²) in [6.07, 6.45) is -0.0828. The summed E-state index contributed by atoms with van der Waals surface area (Å²) in [5.74, 6) is -0.459. The van der Waals surface area contributed by atoms with Crippen LogP contribution >= 0.6 is 23.7 Å². The van der Waals surface area contributed by atoms with Crippen molar-refractivity contribution in [1.29, 1.82) is 0 Å². The Morgan fingerprint density at radius 1 is 1.00 bits per heavy atom. The fourth-order valence-electron chi connectivity index (χ4n) is 2.70. The van der Waals surface area contributed by atoms with Crippen molar-refractivity contribution in [3.8, 4) is 0 Å². The van der Waals surface area contributed by atoms with Gasteiger partial charge in [0.15, 0.2) is 15.0 Å². The van der Waals surface area contributed by atoms with Gasteiger partial charge in [0.1, 0.15) is 0 Å². The largest absolute Gasteiger partial charge is 0.308 e. The van der Waals surface area contributed by atoms with E-state index in [-0.39, 0.29) is 35.4 Å². The molecule has 0 fully saturated rings. The molecule has 9 heteroatoms. The van der Waals surface area contributed by atoms with Crippen molar-refractivity contribution < 1.29 is 13.2 Å². The van der Waals surface area contributed by atoms with Gasteiger partial charge in [-0.05, 0) is 38.4 Å². The van der Waals surface area contributed by atoms with Crippen molar-refractivity contribution >= 4 is 54.8 Å². The molecule has 0 radical (unpaired) electrons. The molecule has 3 rings (SSSR count). The van der Waals surface area contributed by atoms with Crippen molar-refractivity contribution in [3.05, 3.63) is 54.6 Å². The fraction of sp³-hybridized carbons (Fsp3) is 0.300. The number of nitrogens with zero attached hydrogens (tertiary/aromatic N) is 3. The lowest BCUT2D eigenvalue weighted by Gasteiger charge is -2.22. The molecule has 0 spiro atoms. The number of amides is 1. The van der Waals surface area contributed by atoms with Gasteiger partial charge in [0.2, 0.25) is 5.91 Å². The summed E-state index contributed by atoms with van der Waals surface area (Å²) in [6.45, 7) is 1.12. The Bertz CT molecular complexity index is 1020. The maximum absolute atomic E-state index is 12.9. The highest BCUT2D eigenvalue weighted by molar-refractivity contribution is 7.91. The van der Waals surface area contributed by atoms with Gasteiger partial charge in [0.25, 0.3) is 0 Å².